The molecule has 0 radical (unpaired) electrons. The molecule has 19 heavy (non-hydrogen) atoms. The van der Waals surface area contributed by atoms with Crippen molar-refractivity contribution in [3.63, 3.8) is 0 Å². The Morgan fingerprint density at radius 1 is 1.58 bits per heavy atom. The molecule has 1 unspecified atom stereocenters. The molecule has 7 heteroatoms. The van der Waals surface area contributed by atoms with E-state index in [2.05, 4.69) is 27.5 Å². The second-order valence-corrected chi connectivity index (χ2v) is 8.16. The topological polar surface area (TPSA) is 62.3 Å². The van der Waals surface area contributed by atoms with Gasteiger partial charge in [-0.1, -0.05) is 6.92 Å². The van der Waals surface area contributed by atoms with Gasteiger partial charge in [-0.05, 0) is 20.0 Å². The van der Waals surface area contributed by atoms with Crippen LogP contribution < -0.4 is 5.32 Å². The van der Waals surface area contributed by atoms with Gasteiger partial charge in [-0.25, -0.2) is 13.4 Å². The Morgan fingerprint density at radius 2 is 2.37 bits per heavy atom. The summed E-state index contributed by atoms with van der Waals surface area (Å²) in [7, 11) is -0.828. The van der Waals surface area contributed by atoms with Gasteiger partial charge >= 0.3 is 0 Å². The summed E-state index contributed by atoms with van der Waals surface area (Å²) in [5.74, 6) is 0.614. The third-order valence-electron chi connectivity index (χ3n) is 3.37. The first-order valence-corrected chi connectivity index (χ1v) is 9.25. The average molecular weight is 303 g/mol. The van der Waals surface area contributed by atoms with Crippen LogP contribution in [0.4, 0.5) is 0 Å². The number of aromatic nitrogens is 1. The summed E-state index contributed by atoms with van der Waals surface area (Å²) >= 11 is 1.66. The minimum Gasteiger partial charge on any atom is -0.311 e. The van der Waals surface area contributed by atoms with E-state index in [1.54, 1.807) is 11.3 Å². The fourth-order valence-electron chi connectivity index (χ4n) is 2.24. The first-order valence-electron chi connectivity index (χ1n) is 6.55. The molecular formula is C12H21N3O2S2. The predicted molar refractivity (Wildman–Crippen MR) is 78.0 cm³/mol. The molecule has 0 aromatic carbocycles. The van der Waals surface area contributed by atoms with Gasteiger partial charge in [0, 0.05) is 24.5 Å². The van der Waals surface area contributed by atoms with Crippen molar-refractivity contribution in [2.24, 2.45) is 0 Å². The zero-order valence-electron chi connectivity index (χ0n) is 11.4. The molecular weight excluding hydrogens is 282 g/mol. The maximum atomic E-state index is 11.5. The highest BCUT2D eigenvalue weighted by Crippen LogP contribution is 2.19. The molecule has 0 aliphatic carbocycles. The highest BCUT2D eigenvalue weighted by Gasteiger charge is 2.30. The minimum atomic E-state index is -2.81. The van der Waals surface area contributed by atoms with Gasteiger partial charge < -0.3 is 5.32 Å². The van der Waals surface area contributed by atoms with Gasteiger partial charge in [0.15, 0.2) is 9.84 Å². The van der Waals surface area contributed by atoms with E-state index >= 15 is 0 Å². The van der Waals surface area contributed by atoms with Crippen LogP contribution in [0.15, 0.2) is 5.38 Å². The highest BCUT2D eigenvalue weighted by atomic mass is 32.2. The van der Waals surface area contributed by atoms with E-state index in [4.69, 9.17) is 0 Å². The Morgan fingerprint density at radius 3 is 3.00 bits per heavy atom. The Balaban J connectivity index is 1.88. The SMILES string of the molecule is CCNCc1nc(CN(C)C2CCS(=O)(=O)C2)cs1. The van der Waals surface area contributed by atoms with Crippen LogP contribution in [0.2, 0.25) is 0 Å². The lowest BCUT2D eigenvalue weighted by molar-refractivity contribution is 0.251. The summed E-state index contributed by atoms with van der Waals surface area (Å²) in [4.78, 5) is 6.67. The van der Waals surface area contributed by atoms with E-state index in [0.717, 1.165) is 36.8 Å². The highest BCUT2D eigenvalue weighted by molar-refractivity contribution is 7.91. The van der Waals surface area contributed by atoms with Crippen molar-refractivity contribution in [3.05, 3.63) is 16.1 Å². The monoisotopic (exact) mass is 303 g/mol. The summed E-state index contributed by atoms with van der Waals surface area (Å²) in [5.41, 5.74) is 1.03. The van der Waals surface area contributed by atoms with Crippen LogP contribution in [-0.4, -0.2) is 49.4 Å². The number of thiazole rings is 1. The lowest BCUT2D eigenvalue weighted by atomic mass is 10.2. The zero-order chi connectivity index (χ0) is 13.9. The van der Waals surface area contributed by atoms with Crippen LogP contribution in [-0.2, 0) is 22.9 Å². The average Bonchev–Trinajstić information content (AvgIpc) is 2.93. The molecule has 2 heterocycles. The molecule has 1 N–H and O–H groups in total. The number of nitrogens with one attached hydrogen (secondary N) is 1. The number of hydrogen-bond acceptors (Lipinski definition) is 6. The Kier molecular flexibility index (Phi) is 4.94. The smallest absolute Gasteiger partial charge is 0.151 e. The van der Waals surface area contributed by atoms with Gasteiger partial charge in [-0.3, -0.25) is 4.90 Å². The molecule has 1 aliphatic rings. The molecule has 1 aliphatic heterocycles. The van der Waals surface area contributed by atoms with Crippen LogP contribution >= 0.6 is 11.3 Å². The molecule has 0 saturated carbocycles. The molecule has 1 saturated heterocycles. The van der Waals surface area contributed by atoms with Crippen molar-refractivity contribution in [1.29, 1.82) is 0 Å². The molecule has 5 nitrogen and oxygen atoms in total. The van der Waals surface area contributed by atoms with Crippen molar-refractivity contribution in [2.45, 2.75) is 32.5 Å². The van der Waals surface area contributed by atoms with Crippen LogP contribution in [0, 0.1) is 0 Å². The van der Waals surface area contributed by atoms with E-state index in [0.29, 0.717) is 5.75 Å². The largest absolute Gasteiger partial charge is 0.311 e. The number of sulfone groups is 1. The van der Waals surface area contributed by atoms with E-state index in [-0.39, 0.29) is 11.8 Å². The van der Waals surface area contributed by atoms with Crippen LogP contribution in [0.5, 0.6) is 0 Å². The summed E-state index contributed by atoms with van der Waals surface area (Å²) < 4.78 is 22.9. The molecule has 1 aromatic heterocycles. The minimum absolute atomic E-state index is 0.143. The van der Waals surface area contributed by atoms with Gasteiger partial charge in [0.2, 0.25) is 0 Å². The maximum Gasteiger partial charge on any atom is 0.151 e. The third-order valence-corrected chi connectivity index (χ3v) is 6.02. The van der Waals surface area contributed by atoms with Crippen LogP contribution in [0.25, 0.3) is 0 Å². The number of nitrogens with zero attached hydrogens (tertiary/aromatic N) is 2. The molecule has 2 rings (SSSR count). The number of hydrogen-bond donors (Lipinski definition) is 1. The van der Waals surface area contributed by atoms with Crippen molar-refractivity contribution in [1.82, 2.24) is 15.2 Å². The molecule has 0 bridgehead atoms. The molecule has 0 spiro atoms. The Bertz CT molecular complexity index is 513. The van der Waals surface area contributed by atoms with Crippen molar-refractivity contribution in [2.75, 3.05) is 25.1 Å². The standard InChI is InChI=1S/C12H21N3O2S2/c1-3-13-6-12-14-10(8-18-12)7-15(2)11-4-5-19(16,17)9-11/h8,11,13H,3-7,9H2,1-2H3. The van der Waals surface area contributed by atoms with Crippen LogP contribution in [0.1, 0.15) is 24.0 Å². The van der Waals surface area contributed by atoms with Gasteiger partial charge in [0.1, 0.15) is 5.01 Å². The van der Waals surface area contributed by atoms with Gasteiger partial charge in [-0.2, -0.15) is 0 Å². The third kappa shape index (κ3) is 4.24. The summed E-state index contributed by atoms with van der Waals surface area (Å²) in [6.45, 7) is 4.54. The Labute approximate surface area is 119 Å². The summed E-state index contributed by atoms with van der Waals surface area (Å²) in [5, 5.41) is 6.40. The molecule has 1 atom stereocenters. The first-order chi connectivity index (χ1) is 9.00. The van der Waals surface area contributed by atoms with Crippen molar-refractivity contribution < 1.29 is 8.42 Å². The van der Waals surface area contributed by atoms with Gasteiger partial charge in [-0.15, -0.1) is 11.3 Å². The van der Waals surface area contributed by atoms with E-state index < -0.39 is 9.84 Å². The maximum absolute atomic E-state index is 11.5. The lowest BCUT2D eigenvalue weighted by Gasteiger charge is -2.21. The van der Waals surface area contributed by atoms with Crippen molar-refractivity contribution >= 4 is 21.2 Å². The normalized spacial score (nSPS) is 22.2. The van der Waals surface area contributed by atoms with Crippen LogP contribution in [0.3, 0.4) is 0 Å². The molecule has 108 valence electrons. The second-order valence-electron chi connectivity index (χ2n) is 4.98. The van der Waals surface area contributed by atoms with E-state index in [9.17, 15) is 8.42 Å². The quantitative estimate of drug-likeness (QED) is 0.845. The van der Waals surface area contributed by atoms with E-state index in [1.807, 2.05) is 7.05 Å². The summed E-state index contributed by atoms with van der Waals surface area (Å²) in [6.07, 6.45) is 0.743. The zero-order valence-corrected chi connectivity index (χ0v) is 13.1. The fraction of sp³-hybridized carbons (Fsp3) is 0.750. The lowest BCUT2D eigenvalue weighted by Crippen LogP contribution is -2.32. The first kappa shape index (κ1) is 14.9. The molecule has 1 fully saturated rings. The second kappa shape index (κ2) is 6.30. The number of rotatable bonds is 6. The fourth-order valence-corrected chi connectivity index (χ4v) is 4.80. The van der Waals surface area contributed by atoms with E-state index in [1.165, 1.54) is 0 Å². The van der Waals surface area contributed by atoms with Gasteiger partial charge in [0.25, 0.3) is 0 Å². The Hall–Kier alpha value is -0.500. The van der Waals surface area contributed by atoms with Gasteiger partial charge in [0.05, 0.1) is 17.2 Å². The molecule has 1 aromatic rings. The van der Waals surface area contributed by atoms with Crippen molar-refractivity contribution in [3.8, 4) is 0 Å². The molecule has 0 amide bonds. The summed E-state index contributed by atoms with van der Waals surface area (Å²) in [6, 6.07) is 0.143. The predicted octanol–water partition coefficient (Wildman–Crippen LogP) is 0.872.